The molecular formula is C19H20N2O5S. The van der Waals surface area contributed by atoms with E-state index in [1.807, 2.05) is 6.07 Å². The standard InChI is InChI=1S/C19H20N2O5S/c22-18(23)13-21(12-14-5-2-1-3-6-14)19(24)15-7-4-8-17(11-15)27(25,26)20-16-9-10-16/h1-8,11,16,20H,9-10,12-13H2,(H,22,23). The molecule has 2 aromatic carbocycles. The van der Waals surface area contributed by atoms with Crippen molar-refractivity contribution in [1.82, 2.24) is 9.62 Å². The van der Waals surface area contributed by atoms with Crippen molar-refractivity contribution in [3.05, 3.63) is 65.7 Å². The first kappa shape index (κ1) is 19.1. The minimum absolute atomic E-state index is 0.00441. The Hall–Kier alpha value is -2.71. The highest BCUT2D eigenvalue weighted by molar-refractivity contribution is 7.89. The minimum Gasteiger partial charge on any atom is -0.480 e. The Bertz CT molecular complexity index is 940. The van der Waals surface area contributed by atoms with Crippen LogP contribution in [0, 0.1) is 0 Å². The van der Waals surface area contributed by atoms with E-state index in [-0.39, 0.29) is 23.0 Å². The molecule has 2 N–H and O–H groups in total. The van der Waals surface area contributed by atoms with Gasteiger partial charge < -0.3 is 10.0 Å². The number of sulfonamides is 1. The van der Waals surface area contributed by atoms with Gasteiger partial charge in [0.25, 0.3) is 5.91 Å². The van der Waals surface area contributed by atoms with Gasteiger partial charge >= 0.3 is 5.97 Å². The topological polar surface area (TPSA) is 104 Å². The third-order valence-electron chi connectivity index (χ3n) is 4.12. The summed E-state index contributed by atoms with van der Waals surface area (Å²) in [5.74, 6) is -1.68. The van der Waals surface area contributed by atoms with E-state index < -0.39 is 28.4 Å². The molecule has 0 aliphatic heterocycles. The summed E-state index contributed by atoms with van der Waals surface area (Å²) in [5, 5.41) is 9.15. The van der Waals surface area contributed by atoms with Gasteiger partial charge in [0.05, 0.1) is 4.90 Å². The van der Waals surface area contributed by atoms with E-state index in [2.05, 4.69) is 4.72 Å². The Morgan fingerprint density at radius 2 is 1.78 bits per heavy atom. The van der Waals surface area contributed by atoms with Crippen molar-refractivity contribution >= 4 is 21.9 Å². The van der Waals surface area contributed by atoms with Crippen molar-refractivity contribution in [2.75, 3.05) is 6.54 Å². The zero-order chi connectivity index (χ0) is 19.4. The lowest BCUT2D eigenvalue weighted by molar-refractivity contribution is -0.137. The number of nitrogens with zero attached hydrogens (tertiary/aromatic N) is 1. The predicted octanol–water partition coefficient (Wildman–Crippen LogP) is 1.85. The number of rotatable bonds is 8. The lowest BCUT2D eigenvalue weighted by Gasteiger charge is -2.21. The van der Waals surface area contributed by atoms with Gasteiger partial charge in [-0.1, -0.05) is 36.4 Å². The zero-order valence-corrected chi connectivity index (χ0v) is 15.4. The molecule has 142 valence electrons. The predicted molar refractivity (Wildman–Crippen MR) is 98.6 cm³/mol. The molecule has 3 rings (SSSR count). The Morgan fingerprint density at radius 1 is 1.07 bits per heavy atom. The normalized spacial score (nSPS) is 13.9. The van der Waals surface area contributed by atoms with Crippen molar-refractivity contribution in [2.45, 2.75) is 30.3 Å². The number of aliphatic carboxylic acids is 1. The summed E-state index contributed by atoms with van der Waals surface area (Å²) < 4.78 is 27.3. The Labute approximate surface area is 157 Å². The summed E-state index contributed by atoms with van der Waals surface area (Å²) in [5.41, 5.74) is 0.914. The molecule has 0 bridgehead atoms. The van der Waals surface area contributed by atoms with Gasteiger partial charge in [0.1, 0.15) is 6.54 Å². The first-order valence-corrected chi connectivity index (χ1v) is 10.0. The maximum atomic E-state index is 12.8. The molecule has 27 heavy (non-hydrogen) atoms. The molecule has 0 radical (unpaired) electrons. The van der Waals surface area contributed by atoms with Crippen LogP contribution in [0.1, 0.15) is 28.8 Å². The van der Waals surface area contributed by atoms with Crippen LogP contribution < -0.4 is 4.72 Å². The third kappa shape index (κ3) is 5.15. The molecule has 0 atom stereocenters. The van der Waals surface area contributed by atoms with Crippen LogP contribution in [-0.2, 0) is 21.4 Å². The average Bonchev–Trinajstić information content (AvgIpc) is 3.44. The molecule has 0 spiro atoms. The highest BCUT2D eigenvalue weighted by atomic mass is 32.2. The molecular weight excluding hydrogens is 368 g/mol. The van der Waals surface area contributed by atoms with E-state index in [1.54, 1.807) is 24.3 Å². The van der Waals surface area contributed by atoms with Crippen molar-refractivity contribution < 1.29 is 23.1 Å². The number of amides is 1. The average molecular weight is 388 g/mol. The fourth-order valence-electron chi connectivity index (χ4n) is 2.63. The lowest BCUT2D eigenvalue weighted by atomic mass is 10.1. The minimum atomic E-state index is -3.70. The fourth-order valence-corrected chi connectivity index (χ4v) is 3.98. The van der Waals surface area contributed by atoms with Gasteiger partial charge in [0.2, 0.25) is 10.0 Å². The number of benzene rings is 2. The van der Waals surface area contributed by atoms with Gasteiger partial charge in [-0.05, 0) is 36.6 Å². The van der Waals surface area contributed by atoms with E-state index in [4.69, 9.17) is 5.11 Å². The summed E-state index contributed by atoms with van der Waals surface area (Å²) >= 11 is 0. The van der Waals surface area contributed by atoms with Gasteiger partial charge in [-0.3, -0.25) is 9.59 Å². The van der Waals surface area contributed by atoms with Crippen LogP contribution in [0.15, 0.2) is 59.5 Å². The van der Waals surface area contributed by atoms with Crippen molar-refractivity contribution in [2.24, 2.45) is 0 Å². The van der Waals surface area contributed by atoms with E-state index >= 15 is 0 Å². The summed E-state index contributed by atoms with van der Waals surface area (Å²) in [6.45, 7) is -0.367. The second-order valence-corrected chi connectivity index (χ2v) is 8.18. The molecule has 1 amide bonds. The molecule has 8 heteroatoms. The SMILES string of the molecule is O=C(O)CN(Cc1ccccc1)C(=O)c1cccc(S(=O)(=O)NC2CC2)c1. The van der Waals surface area contributed by atoms with Crippen molar-refractivity contribution in [3.8, 4) is 0 Å². The second-order valence-electron chi connectivity index (χ2n) is 6.46. The summed E-state index contributed by atoms with van der Waals surface area (Å²) in [7, 11) is -3.70. The van der Waals surface area contributed by atoms with E-state index in [0.717, 1.165) is 18.4 Å². The van der Waals surface area contributed by atoms with Crippen LogP contribution in [0.5, 0.6) is 0 Å². The monoisotopic (exact) mass is 388 g/mol. The van der Waals surface area contributed by atoms with Gasteiger partial charge in [-0.15, -0.1) is 0 Å². The maximum absolute atomic E-state index is 12.8. The fraction of sp³-hybridized carbons (Fsp3) is 0.263. The van der Waals surface area contributed by atoms with Crippen LogP contribution in [0.2, 0.25) is 0 Å². The number of carboxylic acids is 1. The molecule has 7 nitrogen and oxygen atoms in total. The smallest absolute Gasteiger partial charge is 0.323 e. The Balaban J connectivity index is 1.84. The Kier molecular flexibility index (Phi) is 5.57. The number of hydrogen-bond donors (Lipinski definition) is 2. The van der Waals surface area contributed by atoms with Crippen LogP contribution in [-0.4, -0.2) is 42.9 Å². The highest BCUT2D eigenvalue weighted by Crippen LogP contribution is 2.23. The number of carbonyl (C=O) groups is 2. The second kappa shape index (κ2) is 7.89. The molecule has 1 saturated carbocycles. The van der Waals surface area contributed by atoms with Crippen LogP contribution in [0.25, 0.3) is 0 Å². The van der Waals surface area contributed by atoms with E-state index in [9.17, 15) is 18.0 Å². The first-order chi connectivity index (χ1) is 12.8. The maximum Gasteiger partial charge on any atom is 0.323 e. The van der Waals surface area contributed by atoms with Gasteiger partial charge in [0.15, 0.2) is 0 Å². The Morgan fingerprint density at radius 3 is 2.41 bits per heavy atom. The first-order valence-electron chi connectivity index (χ1n) is 8.52. The number of nitrogens with one attached hydrogen (secondary N) is 1. The quantitative estimate of drug-likeness (QED) is 0.718. The number of hydrogen-bond acceptors (Lipinski definition) is 4. The van der Waals surface area contributed by atoms with Crippen LogP contribution >= 0.6 is 0 Å². The molecule has 0 saturated heterocycles. The zero-order valence-electron chi connectivity index (χ0n) is 14.5. The molecule has 2 aromatic rings. The summed E-state index contributed by atoms with van der Waals surface area (Å²) in [4.78, 5) is 25.2. The van der Waals surface area contributed by atoms with Crippen molar-refractivity contribution in [3.63, 3.8) is 0 Å². The molecule has 0 heterocycles. The number of carboxylic acid groups (broad SMARTS) is 1. The van der Waals surface area contributed by atoms with Crippen molar-refractivity contribution in [1.29, 1.82) is 0 Å². The molecule has 0 aromatic heterocycles. The summed E-state index contributed by atoms with van der Waals surface area (Å²) in [6.07, 6.45) is 1.61. The molecule has 1 aliphatic carbocycles. The molecule has 1 aliphatic rings. The van der Waals surface area contributed by atoms with Crippen LogP contribution in [0.4, 0.5) is 0 Å². The molecule has 1 fully saturated rings. The van der Waals surface area contributed by atoms with E-state index in [1.165, 1.54) is 29.2 Å². The van der Waals surface area contributed by atoms with Gasteiger partial charge in [0, 0.05) is 18.2 Å². The van der Waals surface area contributed by atoms with Gasteiger partial charge in [-0.2, -0.15) is 0 Å². The largest absolute Gasteiger partial charge is 0.480 e. The highest BCUT2D eigenvalue weighted by Gasteiger charge is 2.28. The lowest BCUT2D eigenvalue weighted by Crippen LogP contribution is -2.35. The van der Waals surface area contributed by atoms with E-state index in [0.29, 0.717) is 0 Å². The van der Waals surface area contributed by atoms with Gasteiger partial charge in [-0.25, -0.2) is 13.1 Å². The number of carbonyl (C=O) groups excluding carboxylic acids is 1. The summed E-state index contributed by atoms with van der Waals surface area (Å²) in [6, 6.07) is 14.6. The molecule has 0 unspecified atom stereocenters. The van der Waals surface area contributed by atoms with Crippen LogP contribution in [0.3, 0.4) is 0 Å². The third-order valence-corrected chi connectivity index (χ3v) is 5.64.